The fraction of sp³-hybridized carbons (Fsp3) is 0.222. The van der Waals surface area contributed by atoms with E-state index < -0.39 is 28.0 Å². The maximum Gasteiger partial charge on any atom is 0.418 e. The van der Waals surface area contributed by atoms with Crippen molar-refractivity contribution in [3.63, 3.8) is 0 Å². The standard InChI is InChI=1S/C9H6BrClF3N3O2/c10-4-1-5(9(12,13)14)8(16-7(15)3-11)6(2-4)17(18)19/h1-2H,3H2,(H2,15,16). The van der Waals surface area contributed by atoms with Gasteiger partial charge in [-0.3, -0.25) is 10.1 Å². The van der Waals surface area contributed by atoms with E-state index in [1.54, 1.807) is 0 Å². The monoisotopic (exact) mass is 359 g/mol. The molecule has 0 saturated carbocycles. The Labute approximate surface area is 118 Å². The van der Waals surface area contributed by atoms with Crippen molar-refractivity contribution in [2.45, 2.75) is 6.18 Å². The molecule has 0 aliphatic heterocycles. The number of nitrogens with zero attached hydrogens (tertiary/aromatic N) is 2. The van der Waals surface area contributed by atoms with Crippen LogP contribution < -0.4 is 5.73 Å². The summed E-state index contributed by atoms with van der Waals surface area (Å²) in [7, 11) is 0. The molecule has 1 rings (SSSR count). The first-order chi connectivity index (χ1) is 8.66. The minimum Gasteiger partial charge on any atom is -0.386 e. The number of nitrogens with two attached hydrogens (primary N) is 1. The zero-order valence-corrected chi connectivity index (χ0v) is 11.4. The lowest BCUT2D eigenvalue weighted by atomic mass is 10.1. The highest BCUT2D eigenvalue weighted by Gasteiger charge is 2.37. The number of amidine groups is 1. The Bertz CT molecular complexity index is 548. The van der Waals surface area contributed by atoms with Gasteiger partial charge in [-0.2, -0.15) is 13.2 Å². The first kappa shape index (κ1) is 15.7. The van der Waals surface area contributed by atoms with Crippen LogP contribution in [0.5, 0.6) is 0 Å². The van der Waals surface area contributed by atoms with Crippen molar-refractivity contribution in [2.24, 2.45) is 10.7 Å². The molecule has 1 aromatic carbocycles. The van der Waals surface area contributed by atoms with Crippen molar-refractivity contribution in [3.05, 3.63) is 32.3 Å². The number of hydrogen-bond donors (Lipinski definition) is 1. The van der Waals surface area contributed by atoms with Gasteiger partial charge in [0.05, 0.1) is 16.4 Å². The maximum atomic E-state index is 12.8. The largest absolute Gasteiger partial charge is 0.418 e. The van der Waals surface area contributed by atoms with Crippen LogP contribution in [0.2, 0.25) is 0 Å². The van der Waals surface area contributed by atoms with E-state index in [0.717, 1.165) is 6.07 Å². The molecule has 19 heavy (non-hydrogen) atoms. The summed E-state index contributed by atoms with van der Waals surface area (Å²) >= 11 is 8.10. The van der Waals surface area contributed by atoms with E-state index in [2.05, 4.69) is 20.9 Å². The zero-order chi connectivity index (χ0) is 14.8. The van der Waals surface area contributed by atoms with E-state index in [4.69, 9.17) is 17.3 Å². The average molecular weight is 361 g/mol. The minimum atomic E-state index is -4.81. The van der Waals surface area contributed by atoms with Crippen LogP contribution in [0, 0.1) is 10.1 Å². The Kier molecular flexibility index (Phi) is 4.75. The number of halogens is 5. The van der Waals surface area contributed by atoms with Gasteiger partial charge in [0.1, 0.15) is 5.84 Å². The van der Waals surface area contributed by atoms with Crippen LogP contribution in [0.3, 0.4) is 0 Å². The number of nitro benzene ring substituents is 1. The molecular formula is C9H6BrClF3N3O2. The van der Waals surface area contributed by atoms with Gasteiger partial charge in [-0.05, 0) is 6.07 Å². The summed E-state index contributed by atoms with van der Waals surface area (Å²) in [5.41, 5.74) is 2.31. The Balaban J connectivity index is 3.67. The highest BCUT2D eigenvalue weighted by atomic mass is 79.9. The van der Waals surface area contributed by atoms with Crippen LogP contribution in [0.25, 0.3) is 0 Å². The van der Waals surface area contributed by atoms with Crippen molar-refractivity contribution < 1.29 is 18.1 Å². The molecule has 0 radical (unpaired) electrons. The molecule has 0 saturated heterocycles. The van der Waals surface area contributed by atoms with Gasteiger partial charge in [-0.25, -0.2) is 4.99 Å². The normalized spacial score (nSPS) is 12.6. The van der Waals surface area contributed by atoms with E-state index in [1.807, 2.05) is 0 Å². The minimum absolute atomic E-state index is 0.0880. The van der Waals surface area contributed by atoms with E-state index in [-0.39, 0.29) is 16.2 Å². The fourth-order valence-corrected chi connectivity index (χ4v) is 1.74. The molecule has 104 valence electrons. The Morgan fingerprint density at radius 3 is 2.53 bits per heavy atom. The summed E-state index contributed by atoms with van der Waals surface area (Å²) in [6.45, 7) is 0. The van der Waals surface area contributed by atoms with Crippen LogP contribution in [-0.4, -0.2) is 16.6 Å². The highest BCUT2D eigenvalue weighted by molar-refractivity contribution is 9.10. The van der Waals surface area contributed by atoms with Gasteiger partial charge in [-0.15, -0.1) is 11.6 Å². The van der Waals surface area contributed by atoms with Gasteiger partial charge in [0, 0.05) is 10.5 Å². The smallest absolute Gasteiger partial charge is 0.386 e. The number of alkyl halides is 4. The lowest BCUT2D eigenvalue weighted by molar-refractivity contribution is -0.384. The molecule has 0 bridgehead atoms. The van der Waals surface area contributed by atoms with E-state index >= 15 is 0 Å². The number of hydrogen-bond acceptors (Lipinski definition) is 3. The first-order valence-corrected chi connectivity index (χ1v) is 5.93. The summed E-state index contributed by atoms with van der Waals surface area (Å²) in [5.74, 6) is -0.692. The molecule has 0 aliphatic rings. The van der Waals surface area contributed by atoms with E-state index in [1.165, 1.54) is 0 Å². The Morgan fingerprint density at radius 1 is 1.53 bits per heavy atom. The van der Waals surface area contributed by atoms with Crippen molar-refractivity contribution in [1.82, 2.24) is 0 Å². The molecule has 0 heterocycles. The molecule has 0 amide bonds. The van der Waals surface area contributed by atoms with Crippen molar-refractivity contribution in [2.75, 3.05) is 5.88 Å². The van der Waals surface area contributed by atoms with Crippen molar-refractivity contribution in [1.29, 1.82) is 0 Å². The zero-order valence-electron chi connectivity index (χ0n) is 9.04. The van der Waals surface area contributed by atoms with Gasteiger partial charge in [0.15, 0.2) is 5.69 Å². The summed E-state index contributed by atoms with van der Waals surface area (Å²) in [4.78, 5) is 13.2. The summed E-state index contributed by atoms with van der Waals surface area (Å²) in [5, 5.41) is 10.8. The molecule has 0 fully saturated rings. The van der Waals surface area contributed by atoms with E-state index in [0.29, 0.717) is 6.07 Å². The van der Waals surface area contributed by atoms with Gasteiger partial charge < -0.3 is 5.73 Å². The highest BCUT2D eigenvalue weighted by Crippen LogP contribution is 2.43. The summed E-state index contributed by atoms with van der Waals surface area (Å²) < 4.78 is 38.4. The predicted molar refractivity (Wildman–Crippen MR) is 67.8 cm³/mol. The molecule has 5 nitrogen and oxygen atoms in total. The molecule has 0 aromatic heterocycles. The lowest BCUT2D eigenvalue weighted by Crippen LogP contribution is -2.14. The van der Waals surface area contributed by atoms with Gasteiger partial charge in [-0.1, -0.05) is 15.9 Å². The van der Waals surface area contributed by atoms with Gasteiger partial charge in [0.2, 0.25) is 0 Å². The van der Waals surface area contributed by atoms with E-state index in [9.17, 15) is 23.3 Å². The Morgan fingerprint density at radius 2 is 2.11 bits per heavy atom. The first-order valence-electron chi connectivity index (χ1n) is 4.61. The Hall–Kier alpha value is -1.35. The third-order valence-corrected chi connectivity index (χ3v) is 2.68. The average Bonchev–Trinajstić information content (AvgIpc) is 2.28. The third kappa shape index (κ3) is 3.80. The second kappa shape index (κ2) is 5.74. The maximum absolute atomic E-state index is 12.8. The lowest BCUT2D eigenvalue weighted by Gasteiger charge is -2.11. The number of aliphatic imine (C=N–C) groups is 1. The van der Waals surface area contributed by atoms with Crippen molar-refractivity contribution in [3.8, 4) is 0 Å². The van der Waals surface area contributed by atoms with Crippen molar-refractivity contribution >= 4 is 44.7 Å². The quantitative estimate of drug-likeness (QED) is 0.294. The molecular weight excluding hydrogens is 354 g/mol. The van der Waals surface area contributed by atoms with Gasteiger partial charge >= 0.3 is 6.18 Å². The third-order valence-electron chi connectivity index (χ3n) is 1.95. The second-order valence-corrected chi connectivity index (χ2v) is 4.50. The number of benzene rings is 1. The molecule has 0 unspecified atom stereocenters. The molecule has 2 N–H and O–H groups in total. The molecule has 1 aromatic rings. The molecule has 10 heteroatoms. The molecule has 0 aliphatic carbocycles. The van der Waals surface area contributed by atoms with Gasteiger partial charge in [0.25, 0.3) is 5.69 Å². The second-order valence-electron chi connectivity index (χ2n) is 3.31. The van der Waals surface area contributed by atoms with Crippen LogP contribution in [0.1, 0.15) is 5.56 Å². The summed E-state index contributed by atoms with van der Waals surface area (Å²) in [6, 6.07) is 1.60. The van der Waals surface area contributed by atoms with Crippen LogP contribution in [-0.2, 0) is 6.18 Å². The number of nitro groups is 1. The van der Waals surface area contributed by atoms with Crippen LogP contribution in [0.15, 0.2) is 21.6 Å². The number of rotatable bonds is 3. The van der Waals surface area contributed by atoms with Crippen LogP contribution in [0.4, 0.5) is 24.5 Å². The van der Waals surface area contributed by atoms with Crippen LogP contribution >= 0.6 is 27.5 Å². The summed E-state index contributed by atoms with van der Waals surface area (Å²) in [6.07, 6.45) is -4.81. The predicted octanol–water partition coefficient (Wildman–Crippen LogP) is 3.60. The molecule has 0 atom stereocenters. The fourth-order valence-electron chi connectivity index (χ4n) is 1.23. The topological polar surface area (TPSA) is 81.5 Å². The molecule has 0 spiro atoms. The SMILES string of the molecule is NC(CCl)=Nc1c([N+](=O)[O-])cc(Br)cc1C(F)(F)F.